The van der Waals surface area contributed by atoms with Gasteiger partial charge in [0.15, 0.2) is 0 Å². The molecule has 12 heavy (non-hydrogen) atoms. The summed E-state index contributed by atoms with van der Waals surface area (Å²) < 4.78 is 0. The van der Waals surface area contributed by atoms with Crippen LogP contribution in [-0.4, -0.2) is 11.1 Å². The van der Waals surface area contributed by atoms with Gasteiger partial charge in [-0.15, -0.1) is 6.58 Å². The van der Waals surface area contributed by atoms with Gasteiger partial charge in [0.05, 0.1) is 0 Å². The summed E-state index contributed by atoms with van der Waals surface area (Å²) in [5.41, 5.74) is 0.490. The van der Waals surface area contributed by atoms with Crippen LogP contribution in [0.2, 0.25) is 0 Å². The zero-order valence-corrected chi connectivity index (χ0v) is 7.71. The Morgan fingerprint density at radius 3 is 2.58 bits per heavy atom. The van der Waals surface area contributed by atoms with E-state index < -0.39 is 5.97 Å². The van der Waals surface area contributed by atoms with E-state index in [-0.39, 0.29) is 0 Å². The molecule has 0 aromatic carbocycles. The largest absolute Gasteiger partial charge is 0.478 e. The second-order valence-corrected chi connectivity index (χ2v) is 2.87. The standard InChI is InChI=1S/C10H16O2/c1-4-8(3)6-7-9(5-2)10(11)12/h4-5,8H,1,6-7H2,2-3H3,(H,11,12)/b9-5+. The molecule has 0 aromatic rings. The molecule has 0 rings (SSSR count). The smallest absolute Gasteiger partial charge is 0.331 e. The highest BCUT2D eigenvalue weighted by molar-refractivity contribution is 5.86. The Labute approximate surface area is 73.6 Å². The quantitative estimate of drug-likeness (QED) is 0.506. The van der Waals surface area contributed by atoms with E-state index in [1.165, 1.54) is 0 Å². The topological polar surface area (TPSA) is 37.3 Å². The summed E-state index contributed by atoms with van der Waals surface area (Å²) in [6, 6.07) is 0. The van der Waals surface area contributed by atoms with Crippen LogP contribution in [0, 0.1) is 5.92 Å². The first kappa shape index (κ1) is 11.0. The first-order chi connectivity index (χ1) is 5.61. The lowest BCUT2D eigenvalue weighted by atomic mass is 10.0. The van der Waals surface area contributed by atoms with Crippen molar-refractivity contribution in [3.8, 4) is 0 Å². The van der Waals surface area contributed by atoms with Crippen molar-refractivity contribution in [2.75, 3.05) is 0 Å². The molecule has 2 nitrogen and oxygen atoms in total. The highest BCUT2D eigenvalue weighted by Gasteiger charge is 2.06. The van der Waals surface area contributed by atoms with Gasteiger partial charge in [-0.3, -0.25) is 0 Å². The fourth-order valence-corrected chi connectivity index (χ4v) is 0.876. The lowest BCUT2D eigenvalue weighted by molar-refractivity contribution is -0.132. The normalized spacial score (nSPS) is 14.0. The first-order valence-corrected chi connectivity index (χ1v) is 4.12. The van der Waals surface area contributed by atoms with Crippen molar-refractivity contribution in [2.45, 2.75) is 26.7 Å². The molecule has 68 valence electrons. The van der Waals surface area contributed by atoms with E-state index >= 15 is 0 Å². The molecule has 0 bridgehead atoms. The Morgan fingerprint density at radius 2 is 2.25 bits per heavy atom. The van der Waals surface area contributed by atoms with Crippen LogP contribution in [0.25, 0.3) is 0 Å². The molecule has 0 aliphatic rings. The zero-order valence-electron chi connectivity index (χ0n) is 7.71. The molecule has 0 aliphatic heterocycles. The van der Waals surface area contributed by atoms with E-state index in [0.29, 0.717) is 17.9 Å². The number of carboxylic acid groups (broad SMARTS) is 1. The maximum absolute atomic E-state index is 10.5. The second kappa shape index (κ2) is 5.58. The summed E-state index contributed by atoms with van der Waals surface area (Å²) in [6.07, 6.45) is 4.97. The monoisotopic (exact) mass is 168 g/mol. The molecule has 0 heterocycles. The van der Waals surface area contributed by atoms with Gasteiger partial charge in [0, 0.05) is 5.57 Å². The maximum atomic E-state index is 10.5. The molecule has 0 amide bonds. The average Bonchev–Trinajstić information content (AvgIpc) is 2.04. The Hall–Kier alpha value is -1.05. The van der Waals surface area contributed by atoms with Gasteiger partial charge in [0.25, 0.3) is 0 Å². The summed E-state index contributed by atoms with van der Waals surface area (Å²) in [4.78, 5) is 10.5. The number of carbonyl (C=O) groups is 1. The molecular weight excluding hydrogens is 152 g/mol. The Kier molecular flexibility index (Phi) is 5.09. The molecule has 2 heteroatoms. The fourth-order valence-electron chi connectivity index (χ4n) is 0.876. The van der Waals surface area contributed by atoms with E-state index in [1.807, 2.05) is 13.0 Å². The average molecular weight is 168 g/mol. The molecule has 0 spiro atoms. The highest BCUT2D eigenvalue weighted by Crippen LogP contribution is 2.12. The maximum Gasteiger partial charge on any atom is 0.331 e. The highest BCUT2D eigenvalue weighted by atomic mass is 16.4. The minimum atomic E-state index is -0.811. The van der Waals surface area contributed by atoms with Gasteiger partial charge in [-0.1, -0.05) is 19.1 Å². The van der Waals surface area contributed by atoms with Gasteiger partial charge in [0.2, 0.25) is 0 Å². The molecule has 0 saturated carbocycles. The number of aliphatic carboxylic acids is 1. The minimum absolute atomic E-state index is 0.388. The van der Waals surface area contributed by atoms with E-state index in [9.17, 15) is 4.79 Å². The Balaban J connectivity index is 3.90. The van der Waals surface area contributed by atoms with Gasteiger partial charge in [-0.05, 0) is 25.7 Å². The van der Waals surface area contributed by atoms with Crippen LogP contribution in [0.4, 0.5) is 0 Å². The van der Waals surface area contributed by atoms with Crippen molar-refractivity contribution in [3.63, 3.8) is 0 Å². The van der Waals surface area contributed by atoms with Crippen molar-refractivity contribution in [2.24, 2.45) is 5.92 Å². The van der Waals surface area contributed by atoms with Crippen LogP contribution in [0.3, 0.4) is 0 Å². The summed E-state index contributed by atoms with van der Waals surface area (Å²) in [7, 11) is 0. The van der Waals surface area contributed by atoms with Crippen LogP contribution in [-0.2, 0) is 4.79 Å². The van der Waals surface area contributed by atoms with Crippen molar-refractivity contribution >= 4 is 5.97 Å². The summed E-state index contributed by atoms with van der Waals surface area (Å²) in [5, 5.41) is 8.66. The molecule has 0 radical (unpaired) electrons. The first-order valence-electron chi connectivity index (χ1n) is 4.12. The number of allylic oxidation sites excluding steroid dienone is 2. The molecule has 1 atom stereocenters. The van der Waals surface area contributed by atoms with E-state index in [0.717, 1.165) is 6.42 Å². The molecular formula is C10H16O2. The summed E-state index contributed by atoms with van der Waals surface area (Å²) in [6.45, 7) is 7.42. The lowest BCUT2D eigenvalue weighted by Gasteiger charge is -2.05. The molecule has 0 fully saturated rings. The van der Waals surface area contributed by atoms with E-state index in [1.54, 1.807) is 13.0 Å². The Bertz CT molecular complexity index is 192. The lowest BCUT2D eigenvalue weighted by Crippen LogP contribution is -2.01. The number of hydrogen-bond acceptors (Lipinski definition) is 1. The number of hydrogen-bond donors (Lipinski definition) is 1. The van der Waals surface area contributed by atoms with Crippen molar-refractivity contribution in [1.82, 2.24) is 0 Å². The van der Waals surface area contributed by atoms with Crippen molar-refractivity contribution in [3.05, 3.63) is 24.3 Å². The SMILES string of the molecule is C=CC(C)CC/C(=C\C)C(=O)O. The van der Waals surface area contributed by atoms with Crippen molar-refractivity contribution < 1.29 is 9.90 Å². The van der Waals surface area contributed by atoms with E-state index in [2.05, 4.69) is 6.58 Å². The number of carboxylic acids is 1. The zero-order chi connectivity index (χ0) is 9.56. The minimum Gasteiger partial charge on any atom is -0.478 e. The third-order valence-electron chi connectivity index (χ3n) is 1.89. The third-order valence-corrected chi connectivity index (χ3v) is 1.89. The van der Waals surface area contributed by atoms with Crippen LogP contribution < -0.4 is 0 Å². The van der Waals surface area contributed by atoms with E-state index in [4.69, 9.17) is 5.11 Å². The fraction of sp³-hybridized carbons (Fsp3) is 0.500. The van der Waals surface area contributed by atoms with Crippen LogP contribution in [0.15, 0.2) is 24.3 Å². The second-order valence-electron chi connectivity index (χ2n) is 2.87. The third kappa shape index (κ3) is 3.96. The Morgan fingerprint density at radius 1 is 1.67 bits per heavy atom. The van der Waals surface area contributed by atoms with Gasteiger partial charge < -0.3 is 5.11 Å². The molecule has 0 aromatic heterocycles. The van der Waals surface area contributed by atoms with Gasteiger partial charge in [0.1, 0.15) is 0 Å². The van der Waals surface area contributed by atoms with Gasteiger partial charge in [-0.2, -0.15) is 0 Å². The van der Waals surface area contributed by atoms with Gasteiger partial charge in [-0.25, -0.2) is 4.79 Å². The molecule has 0 aliphatic carbocycles. The van der Waals surface area contributed by atoms with Crippen LogP contribution in [0.1, 0.15) is 26.7 Å². The molecule has 1 unspecified atom stereocenters. The molecule has 0 saturated heterocycles. The predicted molar refractivity (Wildman–Crippen MR) is 50.0 cm³/mol. The number of rotatable bonds is 5. The summed E-state index contributed by atoms with van der Waals surface area (Å²) >= 11 is 0. The van der Waals surface area contributed by atoms with Crippen LogP contribution >= 0.6 is 0 Å². The molecule has 1 N–H and O–H groups in total. The van der Waals surface area contributed by atoms with Gasteiger partial charge >= 0.3 is 5.97 Å². The predicted octanol–water partition coefficient (Wildman–Crippen LogP) is 2.62. The summed E-state index contributed by atoms with van der Waals surface area (Å²) in [5.74, 6) is -0.423. The van der Waals surface area contributed by atoms with Crippen molar-refractivity contribution in [1.29, 1.82) is 0 Å². The van der Waals surface area contributed by atoms with Crippen LogP contribution in [0.5, 0.6) is 0 Å².